The van der Waals surface area contributed by atoms with Crippen LogP contribution in [0.1, 0.15) is 17.0 Å². The zero-order valence-corrected chi connectivity index (χ0v) is 9.88. The van der Waals surface area contributed by atoms with Gasteiger partial charge in [0.1, 0.15) is 0 Å². The molecule has 2 heterocycles. The molecule has 0 bridgehead atoms. The average Bonchev–Trinajstić information content (AvgIpc) is 2.28. The molecule has 0 atom stereocenters. The Hall–Kier alpha value is -0.310. The van der Waals surface area contributed by atoms with Crippen LogP contribution in [0.15, 0.2) is 12.1 Å². The highest BCUT2D eigenvalue weighted by Gasteiger charge is 2.07. The maximum atomic E-state index is 4.53. The SMILES string of the molecule is Cc1ccc2c(n1)CCNCC2.Cl.Cl. The molecule has 1 N–H and O–H groups in total. The van der Waals surface area contributed by atoms with Gasteiger partial charge in [-0.3, -0.25) is 4.98 Å². The average molecular weight is 235 g/mol. The van der Waals surface area contributed by atoms with E-state index in [-0.39, 0.29) is 24.8 Å². The quantitative estimate of drug-likeness (QED) is 0.743. The van der Waals surface area contributed by atoms with E-state index < -0.39 is 0 Å². The van der Waals surface area contributed by atoms with Crippen molar-refractivity contribution >= 4 is 24.8 Å². The lowest BCUT2D eigenvalue weighted by molar-refractivity contribution is 0.708. The van der Waals surface area contributed by atoms with Gasteiger partial charge in [0.05, 0.1) is 0 Å². The van der Waals surface area contributed by atoms with Crippen molar-refractivity contribution in [2.24, 2.45) is 0 Å². The van der Waals surface area contributed by atoms with Gasteiger partial charge in [0.25, 0.3) is 0 Å². The normalized spacial score (nSPS) is 14.4. The molecular formula is C10H16Cl2N2. The summed E-state index contributed by atoms with van der Waals surface area (Å²) in [6.07, 6.45) is 2.21. The van der Waals surface area contributed by atoms with Gasteiger partial charge in [-0.1, -0.05) is 6.07 Å². The smallest absolute Gasteiger partial charge is 0.0451 e. The van der Waals surface area contributed by atoms with Gasteiger partial charge in [-0.05, 0) is 31.5 Å². The van der Waals surface area contributed by atoms with E-state index >= 15 is 0 Å². The summed E-state index contributed by atoms with van der Waals surface area (Å²) in [4.78, 5) is 4.53. The highest BCUT2D eigenvalue weighted by atomic mass is 35.5. The van der Waals surface area contributed by atoms with Crippen molar-refractivity contribution in [3.63, 3.8) is 0 Å². The van der Waals surface area contributed by atoms with Crippen LogP contribution in [0.3, 0.4) is 0 Å². The zero-order valence-electron chi connectivity index (χ0n) is 8.25. The predicted octanol–water partition coefficient (Wildman–Crippen LogP) is 1.92. The van der Waals surface area contributed by atoms with Crippen LogP contribution in [0.2, 0.25) is 0 Å². The molecule has 1 aromatic heterocycles. The fourth-order valence-corrected chi connectivity index (χ4v) is 1.64. The van der Waals surface area contributed by atoms with Gasteiger partial charge in [-0.15, -0.1) is 24.8 Å². The Kier molecular flexibility index (Phi) is 6.09. The molecule has 4 heteroatoms. The van der Waals surface area contributed by atoms with E-state index in [4.69, 9.17) is 0 Å². The van der Waals surface area contributed by atoms with Crippen LogP contribution >= 0.6 is 24.8 Å². The summed E-state index contributed by atoms with van der Waals surface area (Å²) in [7, 11) is 0. The minimum absolute atomic E-state index is 0. The molecule has 0 saturated heterocycles. The third-order valence-electron chi connectivity index (χ3n) is 2.32. The summed E-state index contributed by atoms with van der Waals surface area (Å²) in [5, 5.41) is 3.37. The number of halogens is 2. The fourth-order valence-electron chi connectivity index (χ4n) is 1.64. The minimum atomic E-state index is 0. The number of aromatic nitrogens is 1. The third-order valence-corrected chi connectivity index (χ3v) is 2.32. The number of pyridine rings is 1. The fraction of sp³-hybridized carbons (Fsp3) is 0.500. The van der Waals surface area contributed by atoms with Gasteiger partial charge < -0.3 is 5.32 Å². The molecule has 2 nitrogen and oxygen atoms in total. The summed E-state index contributed by atoms with van der Waals surface area (Å²) in [5.41, 5.74) is 3.85. The highest BCUT2D eigenvalue weighted by molar-refractivity contribution is 5.85. The molecule has 0 amide bonds. The molecule has 1 aromatic rings. The first kappa shape index (κ1) is 13.7. The van der Waals surface area contributed by atoms with E-state index in [1.54, 1.807) is 0 Å². The molecule has 1 aliphatic rings. The summed E-state index contributed by atoms with van der Waals surface area (Å²) in [5.74, 6) is 0. The minimum Gasteiger partial charge on any atom is -0.316 e. The Morgan fingerprint density at radius 2 is 1.86 bits per heavy atom. The Bertz CT molecular complexity index is 289. The Morgan fingerprint density at radius 1 is 1.14 bits per heavy atom. The topological polar surface area (TPSA) is 24.9 Å². The second-order valence-corrected chi connectivity index (χ2v) is 3.31. The molecule has 0 fully saturated rings. The number of hydrogen-bond donors (Lipinski definition) is 1. The van der Waals surface area contributed by atoms with Gasteiger partial charge in [-0.25, -0.2) is 0 Å². The molecule has 2 rings (SSSR count). The molecule has 1 aliphatic heterocycles. The molecule has 0 spiro atoms. The zero-order chi connectivity index (χ0) is 8.39. The summed E-state index contributed by atoms with van der Waals surface area (Å²) < 4.78 is 0. The lowest BCUT2D eigenvalue weighted by Gasteiger charge is -2.03. The van der Waals surface area contributed by atoms with Crippen molar-refractivity contribution in [2.45, 2.75) is 19.8 Å². The first-order valence-corrected chi connectivity index (χ1v) is 4.52. The molecule has 0 aliphatic carbocycles. The maximum absolute atomic E-state index is 4.53. The van der Waals surface area contributed by atoms with Crippen LogP contribution in [-0.4, -0.2) is 18.1 Å². The molecule has 80 valence electrons. The van der Waals surface area contributed by atoms with Crippen molar-refractivity contribution in [2.75, 3.05) is 13.1 Å². The summed E-state index contributed by atoms with van der Waals surface area (Å²) in [6, 6.07) is 4.31. The van der Waals surface area contributed by atoms with E-state index in [0.717, 1.165) is 31.6 Å². The first-order valence-electron chi connectivity index (χ1n) is 4.52. The summed E-state index contributed by atoms with van der Waals surface area (Å²) >= 11 is 0. The number of aryl methyl sites for hydroxylation is 1. The van der Waals surface area contributed by atoms with Crippen LogP contribution in [0.25, 0.3) is 0 Å². The van der Waals surface area contributed by atoms with Gasteiger partial charge in [-0.2, -0.15) is 0 Å². The van der Waals surface area contributed by atoms with Gasteiger partial charge in [0.15, 0.2) is 0 Å². The van der Waals surface area contributed by atoms with Crippen LogP contribution < -0.4 is 5.32 Å². The molecule has 0 saturated carbocycles. The second kappa shape index (κ2) is 6.23. The van der Waals surface area contributed by atoms with Crippen molar-refractivity contribution in [3.05, 3.63) is 29.1 Å². The molecule has 14 heavy (non-hydrogen) atoms. The predicted molar refractivity (Wildman–Crippen MR) is 63.7 cm³/mol. The monoisotopic (exact) mass is 234 g/mol. The molecule has 0 radical (unpaired) electrons. The Balaban J connectivity index is 0.000000845. The lowest BCUT2D eigenvalue weighted by atomic mass is 10.1. The number of fused-ring (bicyclic) bond motifs is 1. The largest absolute Gasteiger partial charge is 0.316 e. The van der Waals surface area contributed by atoms with E-state index in [9.17, 15) is 0 Å². The van der Waals surface area contributed by atoms with Crippen LogP contribution in [-0.2, 0) is 12.8 Å². The van der Waals surface area contributed by atoms with Crippen LogP contribution in [0, 0.1) is 6.92 Å². The lowest BCUT2D eigenvalue weighted by Crippen LogP contribution is -2.16. The third kappa shape index (κ3) is 3.12. The van der Waals surface area contributed by atoms with Crippen molar-refractivity contribution in [1.82, 2.24) is 10.3 Å². The number of nitrogens with zero attached hydrogens (tertiary/aromatic N) is 1. The number of hydrogen-bond acceptors (Lipinski definition) is 2. The van der Waals surface area contributed by atoms with Crippen molar-refractivity contribution in [3.8, 4) is 0 Å². The molecule has 0 unspecified atom stereocenters. The van der Waals surface area contributed by atoms with E-state index in [1.165, 1.54) is 11.3 Å². The van der Waals surface area contributed by atoms with E-state index in [1.807, 2.05) is 0 Å². The van der Waals surface area contributed by atoms with Crippen molar-refractivity contribution in [1.29, 1.82) is 0 Å². The molecular weight excluding hydrogens is 219 g/mol. The Labute approximate surface area is 97.3 Å². The van der Waals surface area contributed by atoms with Gasteiger partial charge in [0, 0.05) is 24.4 Å². The van der Waals surface area contributed by atoms with Crippen LogP contribution in [0.5, 0.6) is 0 Å². The van der Waals surface area contributed by atoms with Gasteiger partial charge >= 0.3 is 0 Å². The highest BCUT2D eigenvalue weighted by Crippen LogP contribution is 2.10. The summed E-state index contributed by atoms with van der Waals surface area (Å²) in [6.45, 7) is 4.22. The number of rotatable bonds is 0. The first-order chi connectivity index (χ1) is 5.86. The second-order valence-electron chi connectivity index (χ2n) is 3.31. The van der Waals surface area contributed by atoms with Crippen LogP contribution in [0.4, 0.5) is 0 Å². The Morgan fingerprint density at radius 3 is 2.64 bits per heavy atom. The van der Waals surface area contributed by atoms with E-state index in [0.29, 0.717) is 0 Å². The van der Waals surface area contributed by atoms with Crippen molar-refractivity contribution < 1.29 is 0 Å². The van der Waals surface area contributed by atoms with Gasteiger partial charge in [0.2, 0.25) is 0 Å². The molecule has 0 aromatic carbocycles. The van der Waals surface area contributed by atoms with E-state index in [2.05, 4.69) is 29.4 Å². The maximum Gasteiger partial charge on any atom is 0.0451 e. The number of nitrogens with one attached hydrogen (secondary N) is 1. The standard InChI is InChI=1S/C10H14N2.2ClH/c1-8-2-3-9-4-6-11-7-5-10(9)12-8;;/h2-3,11H,4-7H2,1H3;2*1H.